The molecule has 1 aliphatic rings. The maximum Gasteiger partial charge on any atom is 0.256 e. The number of anilines is 1. The molecule has 1 atom stereocenters. The molecule has 0 aliphatic carbocycles. The minimum Gasteiger partial charge on any atom is -0.497 e. The van der Waals surface area contributed by atoms with Crippen LogP contribution < -0.4 is 10.1 Å². The van der Waals surface area contributed by atoms with Gasteiger partial charge in [0.2, 0.25) is 11.7 Å². The molecule has 1 unspecified atom stereocenters. The van der Waals surface area contributed by atoms with E-state index in [1.807, 2.05) is 6.07 Å². The molecule has 3 aromatic rings. The highest BCUT2D eigenvalue weighted by Gasteiger charge is 2.32. The van der Waals surface area contributed by atoms with E-state index in [0.717, 1.165) is 24.9 Å². The fourth-order valence-corrected chi connectivity index (χ4v) is 3.69. The van der Waals surface area contributed by atoms with Crippen LogP contribution >= 0.6 is 0 Å². The summed E-state index contributed by atoms with van der Waals surface area (Å²) in [6.07, 6.45) is 3.78. The first kappa shape index (κ1) is 20.0. The monoisotopic (exact) mass is 407 g/mol. The Balaban J connectivity index is 1.43. The number of nitrogens with one attached hydrogen (secondary N) is 1. The molecule has 0 bridgehead atoms. The van der Waals surface area contributed by atoms with Gasteiger partial charge in [0.1, 0.15) is 11.6 Å². The molecule has 30 heavy (non-hydrogen) atoms. The van der Waals surface area contributed by atoms with Crippen LogP contribution in [0.1, 0.15) is 49.0 Å². The number of carbonyl (C=O) groups is 1. The molecule has 156 valence electrons. The van der Waals surface area contributed by atoms with Crippen LogP contribution in [0.25, 0.3) is 11.4 Å². The summed E-state index contributed by atoms with van der Waals surface area (Å²) in [5.74, 6) is 2.05. The summed E-state index contributed by atoms with van der Waals surface area (Å²) in [6, 6.07) is 11.0. The van der Waals surface area contributed by atoms with Crippen LogP contribution in [-0.2, 0) is 0 Å². The number of benzene rings is 1. The Morgan fingerprint density at radius 3 is 2.70 bits per heavy atom. The molecule has 1 amide bonds. The average Bonchev–Trinajstić information content (AvgIpc) is 3.44. The fraction of sp³-hybridized carbons (Fsp3) is 0.364. The van der Waals surface area contributed by atoms with Crippen LogP contribution in [0.2, 0.25) is 0 Å². The lowest BCUT2D eigenvalue weighted by Gasteiger charge is -2.25. The van der Waals surface area contributed by atoms with Crippen molar-refractivity contribution in [3.05, 3.63) is 54.0 Å². The Kier molecular flexibility index (Phi) is 5.76. The number of rotatable bonds is 6. The number of hydrogen-bond donors (Lipinski definition) is 1. The van der Waals surface area contributed by atoms with E-state index in [2.05, 4.69) is 39.2 Å². The van der Waals surface area contributed by atoms with Gasteiger partial charge in [-0.1, -0.05) is 5.16 Å². The van der Waals surface area contributed by atoms with Crippen molar-refractivity contribution in [3.63, 3.8) is 0 Å². The summed E-state index contributed by atoms with van der Waals surface area (Å²) < 4.78 is 10.7. The van der Waals surface area contributed by atoms with Crippen LogP contribution in [0.3, 0.4) is 0 Å². The fourth-order valence-electron chi connectivity index (χ4n) is 3.69. The van der Waals surface area contributed by atoms with Crippen molar-refractivity contribution < 1.29 is 14.1 Å². The van der Waals surface area contributed by atoms with Crippen LogP contribution in [-0.4, -0.2) is 45.6 Å². The van der Waals surface area contributed by atoms with Crippen molar-refractivity contribution in [1.29, 1.82) is 0 Å². The van der Waals surface area contributed by atoms with Crippen molar-refractivity contribution in [2.45, 2.75) is 38.8 Å². The van der Waals surface area contributed by atoms with Crippen molar-refractivity contribution >= 4 is 11.7 Å². The maximum absolute atomic E-state index is 12.4. The van der Waals surface area contributed by atoms with Gasteiger partial charge >= 0.3 is 0 Å². The Bertz CT molecular complexity index is 998. The highest BCUT2D eigenvalue weighted by molar-refractivity contribution is 6.03. The number of ether oxygens (including phenoxy) is 1. The Morgan fingerprint density at radius 1 is 1.23 bits per heavy atom. The normalized spacial score (nSPS) is 16.7. The summed E-state index contributed by atoms with van der Waals surface area (Å²) in [6.45, 7) is 5.40. The summed E-state index contributed by atoms with van der Waals surface area (Å²) in [5, 5.41) is 6.91. The quantitative estimate of drug-likeness (QED) is 0.661. The molecule has 1 fully saturated rings. The first-order valence-corrected chi connectivity index (χ1v) is 10.1. The third kappa shape index (κ3) is 4.18. The lowest BCUT2D eigenvalue weighted by Crippen LogP contribution is -2.30. The van der Waals surface area contributed by atoms with E-state index >= 15 is 0 Å². The van der Waals surface area contributed by atoms with E-state index in [-0.39, 0.29) is 11.9 Å². The molecule has 4 rings (SSSR count). The van der Waals surface area contributed by atoms with Crippen molar-refractivity contribution in [3.8, 4) is 17.1 Å². The highest BCUT2D eigenvalue weighted by Crippen LogP contribution is 2.33. The number of nitrogens with zero attached hydrogens (tertiary/aromatic N) is 4. The standard InChI is InChI=1S/C22H25N5O3/c1-14(2)27-12-4-5-18(27)22-25-20(26-30-22)16-8-11-19(23-13-16)24-21(28)15-6-9-17(29-3)10-7-15/h6-11,13-14,18H,4-5,12H2,1-3H3,(H,23,24,28). The van der Waals surface area contributed by atoms with Gasteiger partial charge < -0.3 is 14.6 Å². The number of likely N-dealkylation sites (tertiary alicyclic amines) is 1. The summed E-state index contributed by atoms with van der Waals surface area (Å²) >= 11 is 0. The first-order chi connectivity index (χ1) is 14.5. The lowest BCUT2D eigenvalue weighted by atomic mass is 10.2. The second-order valence-electron chi connectivity index (χ2n) is 7.56. The number of amides is 1. The lowest BCUT2D eigenvalue weighted by molar-refractivity contribution is 0.102. The first-order valence-electron chi connectivity index (χ1n) is 10.1. The van der Waals surface area contributed by atoms with Gasteiger partial charge in [-0.3, -0.25) is 9.69 Å². The molecular weight excluding hydrogens is 382 g/mol. The van der Waals surface area contributed by atoms with Crippen LogP contribution in [0.4, 0.5) is 5.82 Å². The van der Waals surface area contributed by atoms with E-state index in [9.17, 15) is 4.79 Å². The molecular formula is C22H25N5O3. The molecule has 3 heterocycles. The molecule has 1 aliphatic heterocycles. The molecule has 8 heteroatoms. The van der Waals surface area contributed by atoms with Gasteiger partial charge in [-0.25, -0.2) is 4.98 Å². The van der Waals surface area contributed by atoms with Gasteiger partial charge in [-0.05, 0) is 69.6 Å². The third-order valence-electron chi connectivity index (χ3n) is 5.30. The predicted molar refractivity (Wildman–Crippen MR) is 112 cm³/mol. The van der Waals surface area contributed by atoms with E-state index in [0.29, 0.717) is 34.9 Å². The molecule has 8 nitrogen and oxygen atoms in total. The second-order valence-corrected chi connectivity index (χ2v) is 7.56. The topological polar surface area (TPSA) is 93.4 Å². The summed E-state index contributed by atoms with van der Waals surface area (Å²) in [5.41, 5.74) is 1.26. The zero-order valence-corrected chi connectivity index (χ0v) is 17.3. The van der Waals surface area contributed by atoms with E-state index < -0.39 is 0 Å². The summed E-state index contributed by atoms with van der Waals surface area (Å²) in [7, 11) is 1.58. The Hall–Kier alpha value is -3.26. The van der Waals surface area contributed by atoms with Gasteiger partial charge in [0.25, 0.3) is 5.91 Å². The second kappa shape index (κ2) is 8.62. The van der Waals surface area contributed by atoms with Gasteiger partial charge in [-0.15, -0.1) is 0 Å². The molecule has 0 radical (unpaired) electrons. The molecule has 1 N–H and O–H groups in total. The molecule has 1 aromatic carbocycles. The number of methoxy groups -OCH3 is 1. The van der Waals surface area contributed by atoms with Crippen LogP contribution in [0, 0.1) is 0 Å². The number of hydrogen-bond acceptors (Lipinski definition) is 7. The van der Waals surface area contributed by atoms with Crippen LogP contribution in [0.5, 0.6) is 5.75 Å². The van der Waals surface area contributed by atoms with Gasteiger partial charge in [0.15, 0.2) is 0 Å². The van der Waals surface area contributed by atoms with Crippen molar-refractivity contribution in [2.24, 2.45) is 0 Å². The molecule has 1 saturated heterocycles. The van der Waals surface area contributed by atoms with E-state index in [1.54, 1.807) is 43.6 Å². The zero-order chi connectivity index (χ0) is 21.1. The zero-order valence-electron chi connectivity index (χ0n) is 17.3. The number of aromatic nitrogens is 3. The number of pyridine rings is 1. The SMILES string of the molecule is COc1ccc(C(=O)Nc2ccc(-c3noc(C4CCCN4C(C)C)n3)cn2)cc1. The smallest absolute Gasteiger partial charge is 0.256 e. The van der Waals surface area contributed by atoms with E-state index in [1.165, 1.54) is 0 Å². The summed E-state index contributed by atoms with van der Waals surface area (Å²) in [4.78, 5) is 23.7. The minimum absolute atomic E-state index is 0.169. The molecule has 2 aromatic heterocycles. The largest absolute Gasteiger partial charge is 0.497 e. The Labute approximate surface area is 175 Å². The molecule has 0 spiro atoms. The molecule has 0 saturated carbocycles. The van der Waals surface area contributed by atoms with Gasteiger partial charge in [-0.2, -0.15) is 4.98 Å². The highest BCUT2D eigenvalue weighted by atomic mass is 16.5. The van der Waals surface area contributed by atoms with Crippen molar-refractivity contribution in [2.75, 3.05) is 19.0 Å². The predicted octanol–water partition coefficient (Wildman–Crippen LogP) is 3.94. The van der Waals surface area contributed by atoms with Crippen LogP contribution in [0.15, 0.2) is 47.1 Å². The van der Waals surface area contributed by atoms with Gasteiger partial charge in [0, 0.05) is 23.4 Å². The number of carbonyl (C=O) groups excluding carboxylic acids is 1. The van der Waals surface area contributed by atoms with Crippen molar-refractivity contribution in [1.82, 2.24) is 20.0 Å². The van der Waals surface area contributed by atoms with E-state index in [4.69, 9.17) is 9.26 Å². The minimum atomic E-state index is -0.241. The third-order valence-corrected chi connectivity index (χ3v) is 5.30. The average molecular weight is 407 g/mol. The Morgan fingerprint density at radius 2 is 2.03 bits per heavy atom. The maximum atomic E-state index is 12.4. The van der Waals surface area contributed by atoms with Gasteiger partial charge in [0.05, 0.1) is 13.2 Å².